The molecule has 0 bridgehead atoms. The molecule has 2 N–H and O–H groups in total. The Hall–Kier alpha value is -3.88. The van der Waals surface area contributed by atoms with Gasteiger partial charge in [-0.3, -0.25) is 20.0 Å². The Morgan fingerprint density at radius 1 is 1.06 bits per heavy atom. The number of methoxy groups -OCH3 is 2. The molecule has 0 spiro atoms. The number of ether oxygens (including phenoxy) is 2. The van der Waals surface area contributed by atoms with Crippen LogP contribution >= 0.6 is 0 Å². The van der Waals surface area contributed by atoms with E-state index >= 15 is 0 Å². The second kappa shape index (κ2) is 9.51. The highest BCUT2D eigenvalue weighted by molar-refractivity contribution is 6.03. The third-order valence-corrected chi connectivity index (χ3v) is 5.46. The molecule has 1 saturated heterocycles. The van der Waals surface area contributed by atoms with Crippen LogP contribution in [-0.2, 0) is 22.4 Å². The fraction of sp³-hybridized carbons (Fsp3) is 0.304. The standard InChI is InChI=1S/C23H25N5O4/c1-31-18-8-3-15(4-9-18)5-12-20-24-23(27-26-20)25-22(30)16-13-21(29)28(14-16)17-6-10-19(32-2)11-7-17/h3-4,6-11,16H,5,12-14H2,1-2H3,(H2,24,25,26,27,30)/t16-/m0/s1. The monoisotopic (exact) mass is 435 g/mol. The van der Waals surface area contributed by atoms with Gasteiger partial charge in [-0.1, -0.05) is 12.1 Å². The summed E-state index contributed by atoms with van der Waals surface area (Å²) in [5.74, 6) is 1.59. The van der Waals surface area contributed by atoms with Crippen molar-refractivity contribution in [2.24, 2.45) is 5.92 Å². The first-order valence-electron chi connectivity index (χ1n) is 10.3. The minimum atomic E-state index is -0.467. The SMILES string of the molecule is COc1ccc(CCc2nc(NC(=O)[C@H]3CC(=O)N(c4ccc(OC)cc4)C3)n[nH]2)cc1. The fourth-order valence-corrected chi connectivity index (χ4v) is 3.63. The Labute approximate surface area is 185 Å². The lowest BCUT2D eigenvalue weighted by molar-refractivity contribution is -0.122. The van der Waals surface area contributed by atoms with Crippen molar-refractivity contribution in [2.45, 2.75) is 19.3 Å². The predicted octanol–water partition coefficient (Wildman–Crippen LogP) is 2.60. The summed E-state index contributed by atoms with van der Waals surface area (Å²) < 4.78 is 10.3. The summed E-state index contributed by atoms with van der Waals surface area (Å²) in [6.07, 6.45) is 1.58. The van der Waals surface area contributed by atoms with Gasteiger partial charge in [0, 0.05) is 25.1 Å². The number of hydrogen-bond acceptors (Lipinski definition) is 6. The lowest BCUT2D eigenvalue weighted by Crippen LogP contribution is -2.28. The molecule has 1 fully saturated rings. The van der Waals surface area contributed by atoms with E-state index in [0.29, 0.717) is 24.5 Å². The number of hydrogen-bond donors (Lipinski definition) is 2. The van der Waals surface area contributed by atoms with E-state index in [2.05, 4.69) is 20.5 Å². The van der Waals surface area contributed by atoms with E-state index in [0.717, 1.165) is 23.4 Å². The van der Waals surface area contributed by atoms with E-state index < -0.39 is 5.92 Å². The summed E-state index contributed by atoms with van der Waals surface area (Å²) in [5.41, 5.74) is 1.89. The molecule has 9 nitrogen and oxygen atoms in total. The third-order valence-electron chi connectivity index (χ3n) is 5.46. The maximum atomic E-state index is 12.7. The van der Waals surface area contributed by atoms with Crippen LogP contribution in [0.25, 0.3) is 0 Å². The van der Waals surface area contributed by atoms with Crippen LogP contribution in [0, 0.1) is 5.92 Å². The molecule has 2 aromatic carbocycles. The van der Waals surface area contributed by atoms with Gasteiger partial charge in [0.05, 0.1) is 20.1 Å². The number of aromatic amines is 1. The van der Waals surface area contributed by atoms with Crippen molar-refractivity contribution in [1.82, 2.24) is 15.2 Å². The van der Waals surface area contributed by atoms with E-state index in [-0.39, 0.29) is 24.2 Å². The zero-order valence-electron chi connectivity index (χ0n) is 18.0. The molecule has 1 aromatic heterocycles. The van der Waals surface area contributed by atoms with Crippen molar-refractivity contribution in [1.29, 1.82) is 0 Å². The number of carbonyl (C=O) groups excluding carboxylic acids is 2. The van der Waals surface area contributed by atoms with Gasteiger partial charge in [0.25, 0.3) is 0 Å². The number of H-pyrrole nitrogens is 1. The first-order chi connectivity index (χ1) is 15.6. The third kappa shape index (κ3) is 4.88. The summed E-state index contributed by atoms with van der Waals surface area (Å²) in [6.45, 7) is 0.311. The fourth-order valence-electron chi connectivity index (χ4n) is 3.63. The number of nitrogens with one attached hydrogen (secondary N) is 2. The summed E-state index contributed by atoms with van der Waals surface area (Å²) >= 11 is 0. The average molecular weight is 435 g/mol. The molecule has 2 heterocycles. The highest BCUT2D eigenvalue weighted by Gasteiger charge is 2.35. The van der Waals surface area contributed by atoms with E-state index in [1.807, 2.05) is 24.3 Å². The van der Waals surface area contributed by atoms with E-state index in [1.54, 1.807) is 43.4 Å². The molecule has 1 aliphatic rings. The maximum absolute atomic E-state index is 12.7. The van der Waals surface area contributed by atoms with Crippen LogP contribution in [0.3, 0.4) is 0 Å². The minimum absolute atomic E-state index is 0.0921. The molecule has 0 radical (unpaired) electrons. The Balaban J connectivity index is 1.31. The molecule has 3 aromatic rings. The quantitative estimate of drug-likeness (QED) is 0.563. The zero-order valence-corrected chi connectivity index (χ0v) is 18.0. The number of rotatable bonds is 8. The number of carbonyl (C=O) groups is 2. The van der Waals surface area contributed by atoms with Gasteiger partial charge in [-0.15, -0.1) is 5.10 Å². The Bertz CT molecular complexity index is 1080. The first-order valence-corrected chi connectivity index (χ1v) is 10.3. The average Bonchev–Trinajstić information content (AvgIpc) is 3.44. The number of benzene rings is 2. The van der Waals surface area contributed by atoms with Gasteiger partial charge in [0.15, 0.2) is 0 Å². The Morgan fingerprint density at radius 2 is 1.72 bits per heavy atom. The normalized spacial score (nSPS) is 15.6. The second-order valence-corrected chi connectivity index (χ2v) is 7.55. The van der Waals surface area contributed by atoms with Gasteiger partial charge in [-0.05, 0) is 48.4 Å². The molecule has 2 amide bonds. The molecular formula is C23H25N5O4. The van der Waals surface area contributed by atoms with Crippen molar-refractivity contribution in [3.05, 3.63) is 59.9 Å². The maximum Gasteiger partial charge on any atom is 0.248 e. The Morgan fingerprint density at radius 3 is 2.38 bits per heavy atom. The van der Waals surface area contributed by atoms with Crippen LogP contribution in [0.1, 0.15) is 17.8 Å². The van der Waals surface area contributed by atoms with Crippen molar-refractivity contribution < 1.29 is 19.1 Å². The second-order valence-electron chi connectivity index (χ2n) is 7.55. The van der Waals surface area contributed by atoms with Crippen LogP contribution < -0.4 is 19.7 Å². The molecule has 1 atom stereocenters. The number of anilines is 2. The van der Waals surface area contributed by atoms with Crippen LogP contribution in [-0.4, -0.2) is 47.8 Å². The van der Waals surface area contributed by atoms with Crippen molar-refractivity contribution in [3.8, 4) is 11.5 Å². The van der Waals surface area contributed by atoms with Crippen LogP contribution in [0.5, 0.6) is 11.5 Å². The summed E-state index contributed by atoms with van der Waals surface area (Å²) in [6, 6.07) is 15.0. The minimum Gasteiger partial charge on any atom is -0.497 e. The summed E-state index contributed by atoms with van der Waals surface area (Å²) in [5, 5.41) is 9.66. The molecular weight excluding hydrogens is 410 g/mol. The van der Waals surface area contributed by atoms with Crippen LogP contribution in [0.2, 0.25) is 0 Å². The molecule has 166 valence electrons. The zero-order chi connectivity index (χ0) is 22.5. The van der Waals surface area contributed by atoms with Gasteiger partial charge >= 0.3 is 0 Å². The smallest absolute Gasteiger partial charge is 0.248 e. The largest absolute Gasteiger partial charge is 0.497 e. The van der Waals surface area contributed by atoms with Gasteiger partial charge in [-0.25, -0.2) is 0 Å². The van der Waals surface area contributed by atoms with Crippen LogP contribution in [0.4, 0.5) is 11.6 Å². The summed E-state index contributed by atoms with van der Waals surface area (Å²) in [7, 11) is 3.22. The molecule has 9 heteroatoms. The van der Waals surface area contributed by atoms with E-state index in [1.165, 1.54) is 0 Å². The molecule has 0 saturated carbocycles. The highest BCUT2D eigenvalue weighted by Crippen LogP contribution is 2.27. The van der Waals surface area contributed by atoms with Crippen molar-refractivity contribution in [2.75, 3.05) is 31.0 Å². The van der Waals surface area contributed by atoms with Gasteiger partial charge < -0.3 is 14.4 Å². The lowest BCUT2D eigenvalue weighted by Gasteiger charge is -2.16. The molecule has 4 rings (SSSR count). The Kier molecular flexibility index (Phi) is 6.34. The van der Waals surface area contributed by atoms with Crippen molar-refractivity contribution >= 4 is 23.5 Å². The topological polar surface area (TPSA) is 109 Å². The number of aromatic nitrogens is 3. The predicted molar refractivity (Wildman–Crippen MR) is 119 cm³/mol. The molecule has 0 aliphatic carbocycles. The first kappa shape index (κ1) is 21.4. The van der Waals surface area contributed by atoms with E-state index in [9.17, 15) is 9.59 Å². The summed E-state index contributed by atoms with van der Waals surface area (Å²) in [4.78, 5) is 31.1. The highest BCUT2D eigenvalue weighted by atomic mass is 16.5. The number of nitrogens with zero attached hydrogens (tertiary/aromatic N) is 3. The van der Waals surface area contributed by atoms with Gasteiger partial charge in [-0.2, -0.15) is 4.98 Å². The van der Waals surface area contributed by atoms with Crippen LogP contribution in [0.15, 0.2) is 48.5 Å². The van der Waals surface area contributed by atoms with Gasteiger partial charge in [0.1, 0.15) is 17.3 Å². The van der Waals surface area contributed by atoms with Gasteiger partial charge in [0.2, 0.25) is 17.8 Å². The molecule has 1 aliphatic heterocycles. The van der Waals surface area contributed by atoms with Crippen molar-refractivity contribution in [3.63, 3.8) is 0 Å². The molecule has 0 unspecified atom stereocenters. The van der Waals surface area contributed by atoms with E-state index in [4.69, 9.17) is 9.47 Å². The number of amides is 2. The number of aryl methyl sites for hydroxylation is 2. The lowest BCUT2D eigenvalue weighted by atomic mass is 10.1. The molecule has 32 heavy (non-hydrogen) atoms.